The van der Waals surface area contributed by atoms with Gasteiger partial charge in [0.15, 0.2) is 21.5 Å². The summed E-state index contributed by atoms with van der Waals surface area (Å²) in [5.41, 5.74) is 0.792. The molecular formula is C13H18ClN5O3S. The van der Waals surface area contributed by atoms with E-state index in [1.165, 1.54) is 16.4 Å². The highest BCUT2D eigenvalue weighted by molar-refractivity contribution is 7.99. The second-order valence-corrected chi connectivity index (χ2v) is 7.00. The van der Waals surface area contributed by atoms with Gasteiger partial charge in [-0.1, -0.05) is 35.5 Å². The van der Waals surface area contributed by atoms with Crippen molar-refractivity contribution in [1.82, 2.24) is 25.0 Å². The maximum Gasteiger partial charge on any atom is 0.191 e. The Hall–Kier alpha value is -1.00. The van der Waals surface area contributed by atoms with E-state index in [0.717, 1.165) is 12.2 Å². The molecule has 4 atom stereocenters. The van der Waals surface area contributed by atoms with Crippen LogP contribution in [0.4, 0.5) is 0 Å². The first-order valence-corrected chi connectivity index (χ1v) is 8.81. The average molecular weight is 360 g/mol. The molecule has 1 aliphatic carbocycles. The van der Waals surface area contributed by atoms with Crippen molar-refractivity contribution in [2.45, 2.75) is 43.2 Å². The largest absolute Gasteiger partial charge is 0.396 e. The van der Waals surface area contributed by atoms with Crippen molar-refractivity contribution in [2.24, 2.45) is 5.92 Å². The molecule has 2 aromatic rings. The van der Waals surface area contributed by atoms with Crippen molar-refractivity contribution < 1.29 is 15.3 Å². The van der Waals surface area contributed by atoms with Crippen LogP contribution in [0.2, 0.25) is 5.15 Å². The van der Waals surface area contributed by atoms with E-state index in [-0.39, 0.29) is 11.8 Å². The normalized spacial score (nSPS) is 27.9. The predicted molar refractivity (Wildman–Crippen MR) is 85.4 cm³/mol. The zero-order valence-corrected chi connectivity index (χ0v) is 14.1. The molecule has 10 heteroatoms. The molecule has 1 fully saturated rings. The fourth-order valence-electron chi connectivity index (χ4n) is 2.78. The fourth-order valence-corrected chi connectivity index (χ4v) is 3.73. The van der Waals surface area contributed by atoms with Crippen molar-refractivity contribution >= 4 is 34.5 Å². The summed E-state index contributed by atoms with van der Waals surface area (Å²) in [6.07, 6.45) is -0.684. The van der Waals surface area contributed by atoms with Gasteiger partial charge in [-0.15, -0.1) is 5.10 Å². The molecule has 0 bridgehead atoms. The molecule has 0 radical (unpaired) electrons. The number of aliphatic hydroxyl groups excluding tert-OH is 3. The molecular weight excluding hydrogens is 342 g/mol. The monoisotopic (exact) mass is 359 g/mol. The highest BCUT2D eigenvalue weighted by Gasteiger charge is 2.43. The van der Waals surface area contributed by atoms with Gasteiger partial charge in [-0.2, -0.15) is 0 Å². The van der Waals surface area contributed by atoms with Crippen LogP contribution in [0.3, 0.4) is 0 Å². The van der Waals surface area contributed by atoms with E-state index in [1.54, 1.807) is 0 Å². The molecule has 3 N–H and O–H groups in total. The van der Waals surface area contributed by atoms with Gasteiger partial charge < -0.3 is 15.3 Å². The van der Waals surface area contributed by atoms with Crippen molar-refractivity contribution in [3.63, 3.8) is 0 Å². The lowest BCUT2D eigenvalue weighted by Gasteiger charge is -2.16. The fraction of sp³-hybridized carbons (Fsp3) is 0.692. The third-order valence-electron chi connectivity index (χ3n) is 4.02. The minimum Gasteiger partial charge on any atom is -0.396 e. The molecule has 1 saturated carbocycles. The van der Waals surface area contributed by atoms with E-state index in [2.05, 4.69) is 27.2 Å². The number of thioether (sulfide) groups is 1. The maximum atomic E-state index is 10.2. The summed E-state index contributed by atoms with van der Waals surface area (Å²) >= 11 is 7.63. The van der Waals surface area contributed by atoms with E-state index < -0.39 is 24.2 Å². The predicted octanol–water partition coefficient (Wildman–Crippen LogP) is 0.652. The third-order valence-corrected chi connectivity index (χ3v) is 5.33. The van der Waals surface area contributed by atoms with Crippen LogP contribution < -0.4 is 0 Å². The average Bonchev–Trinajstić information content (AvgIpc) is 3.08. The molecule has 4 unspecified atom stereocenters. The van der Waals surface area contributed by atoms with Gasteiger partial charge in [0.25, 0.3) is 0 Å². The van der Waals surface area contributed by atoms with Crippen LogP contribution in [-0.4, -0.2) is 64.8 Å². The Morgan fingerprint density at radius 3 is 2.74 bits per heavy atom. The SMILES string of the molecule is CCCSc1nc(Cl)c2nnn(C3CC(CO)C(O)C3O)c2n1. The van der Waals surface area contributed by atoms with Gasteiger partial charge in [-0.05, 0) is 12.8 Å². The second-order valence-electron chi connectivity index (χ2n) is 5.58. The zero-order valence-electron chi connectivity index (χ0n) is 12.5. The smallest absolute Gasteiger partial charge is 0.191 e. The molecule has 0 aliphatic heterocycles. The van der Waals surface area contributed by atoms with Crippen molar-refractivity contribution in [3.8, 4) is 0 Å². The van der Waals surface area contributed by atoms with Crippen LogP contribution in [0.25, 0.3) is 11.2 Å². The molecule has 23 heavy (non-hydrogen) atoms. The molecule has 0 amide bonds. The lowest BCUT2D eigenvalue weighted by molar-refractivity contribution is -0.00512. The molecule has 8 nitrogen and oxygen atoms in total. The Balaban J connectivity index is 1.99. The number of hydrogen-bond donors (Lipinski definition) is 3. The summed E-state index contributed by atoms with van der Waals surface area (Å²) in [4.78, 5) is 8.63. The highest BCUT2D eigenvalue weighted by Crippen LogP contribution is 2.36. The summed E-state index contributed by atoms with van der Waals surface area (Å²) in [7, 11) is 0. The summed E-state index contributed by atoms with van der Waals surface area (Å²) < 4.78 is 1.47. The highest BCUT2D eigenvalue weighted by atomic mass is 35.5. The quantitative estimate of drug-likeness (QED) is 0.404. The number of fused-ring (bicyclic) bond motifs is 1. The molecule has 1 aliphatic rings. The van der Waals surface area contributed by atoms with E-state index in [0.29, 0.717) is 22.7 Å². The van der Waals surface area contributed by atoms with Crippen LogP contribution in [0.5, 0.6) is 0 Å². The first kappa shape index (κ1) is 16.8. The van der Waals surface area contributed by atoms with Gasteiger partial charge in [0, 0.05) is 18.3 Å². The lowest BCUT2D eigenvalue weighted by atomic mass is 10.1. The second kappa shape index (κ2) is 6.86. The summed E-state index contributed by atoms with van der Waals surface area (Å²) in [5, 5.41) is 38.3. The van der Waals surface area contributed by atoms with Crippen LogP contribution in [-0.2, 0) is 0 Å². The first-order valence-electron chi connectivity index (χ1n) is 7.45. The molecule has 126 valence electrons. The van der Waals surface area contributed by atoms with Gasteiger partial charge in [0.1, 0.15) is 6.10 Å². The number of nitrogens with zero attached hydrogens (tertiary/aromatic N) is 5. The number of halogens is 1. The Morgan fingerprint density at radius 1 is 1.30 bits per heavy atom. The standard InChI is InChI=1S/C13H18ClN5O3S/c1-2-3-23-13-15-11(14)8-12(16-13)19(18-17-8)7-4-6(5-20)9(21)10(7)22/h6-7,9-10,20-22H,2-5H2,1H3. The zero-order chi connectivity index (χ0) is 16.6. The van der Waals surface area contributed by atoms with E-state index in [4.69, 9.17) is 11.6 Å². The molecule has 2 heterocycles. The number of aliphatic hydroxyl groups is 3. The van der Waals surface area contributed by atoms with Gasteiger partial charge >= 0.3 is 0 Å². The van der Waals surface area contributed by atoms with Crippen molar-refractivity contribution in [3.05, 3.63) is 5.15 Å². The maximum absolute atomic E-state index is 10.2. The molecule has 0 aromatic carbocycles. The Bertz CT molecular complexity index is 700. The summed E-state index contributed by atoms with van der Waals surface area (Å²) in [6.45, 7) is 1.86. The minimum atomic E-state index is -1.04. The van der Waals surface area contributed by atoms with Gasteiger partial charge in [0.05, 0.1) is 12.1 Å². The Labute approximate surface area is 141 Å². The van der Waals surface area contributed by atoms with E-state index in [9.17, 15) is 15.3 Å². The van der Waals surface area contributed by atoms with Crippen LogP contribution in [0.1, 0.15) is 25.8 Å². The lowest BCUT2D eigenvalue weighted by Crippen LogP contribution is -2.30. The molecule has 3 rings (SSSR count). The first-order chi connectivity index (χ1) is 11.1. The van der Waals surface area contributed by atoms with Crippen molar-refractivity contribution in [1.29, 1.82) is 0 Å². The molecule has 2 aromatic heterocycles. The van der Waals surface area contributed by atoms with Gasteiger partial charge in [0.2, 0.25) is 0 Å². The molecule has 0 spiro atoms. The number of rotatable bonds is 5. The Morgan fingerprint density at radius 2 is 2.09 bits per heavy atom. The van der Waals surface area contributed by atoms with Crippen LogP contribution in [0, 0.1) is 5.92 Å². The van der Waals surface area contributed by atoms with Crippen molar-refractivity contribution in [2.75, 3.05) is 12.4 Å². The van der Waals surface area contributed by atoms with Gasteiger partial charge in [-0.25, -0.2) is 14.6 Å². The minimum absolute atomic E-state index is 0.200. The summed E-state index contributed by atoms with van der Waals surface area (Å²) in [5.74, 6) is 0.460. The van der Waals surface area contributed by atoms with E-state index >= 15 is 0 Å². The molecule has 0 saturated heterocycles. The van der Waals surface area contributed by atoms with E-state index in [1.807, 2.05) is 0 Å². The summed E-state index contributed by atoms with van der Waals surface area (Å²) in [6, 6.07) is -0.512. The Kier molecular flexibility index (Phi) is 5.02. The van der Waals surface area contributed by atoms with Crippen LogP contribution >= 0.6 is 23.4 Å². The van der Waals surface area contributed by atoms with Crippen LogP contribution in [0.15, 0.2) is 5.16 Å². The van der Waals surface area contributed by atoms with Gasteiger partial charge in [-0.3, -0.25) is 0 Å². The number of aromatic nitrogens is 5. The third kappa shape index (κ3) is 3.03. The topological polar surface area (TPSA) is 117 Å². The number of hydrogen-bond acceptors (Lipinski definition) is 8.